The zero-order valence-corrected chi connectivity index (χ0v) is 8.56. The van der Waals surface area contributed by atoms with Crippen molar-refractivity contribution < 1.29 is 4.39 Å². The van der Waals surface area contributed by atoms with E-state index in [2.05, 4.69) is 9.97 Å². The predicted molar refractivity (Wildman–Crippen MR) is 55.0 cm³/mol. The monoisotopic (exact) mass is 192 g/mol. The van der Waals surface area contributed by atoms with Gasteiger partial charge in [0, 0.05) is 0 Å². The maximum Gasteiger partial charge on any atom is 0.162 e. The van der Waals surface area contributed by atoms with Crippen LogP contribution in [0.3, 0.4) is 0 Å². The van der Waals surface area contributed by atoms with Crippen LogP contribution in [0, 0.1) is 6.92 Å². The Kier molecular flexibility index (Phi) is 1.84. The molecule has 0 fully saturated rings. The number of nitrogens with zero attached hydrogens (tertiary/aromatic N) is 1. The molecule has 2 nitrogen and oxygen atoms in total. The standard InChI is InChI=1S/C11H13FN2/c1-7-5-4-6-8-9(7)14-10(13-8)11(2,3)12/h4-6H,1-3H3,(H,13,14). The number of hydrogen-bond donors (Lipinski definition) is 1. The maximum absolute atomic E-state index is 13.6. The van der Waals surface area contributed by atoms with Gasteiger partial charge in [-0.05, 0) is 32.4 Å². The van der Waals surface area contributed by atoms with Crippen LogP contribution < -0.4 is 0 Å². The van der Waals surface area contributed by atoms with E-state index >= 15 is 0 Å². The molecule has 0 aliphatic rings. The zero-order chi connectivity index (χ0) is 10.3. The number of aromatic nitrogens is 2. The Morgan fingerprint density at radius 2 is 2.07 bits per heavy atom. The summed E-state index contributed by atoms with van der Waals surface area (Å²) in [6, 6.07) is 5.81. The van der Waals surface area contributed by atoms with E-state index in [4.69, 9.17) is 0 Å². The van der Waals surface area contributed by atoms with Gasteiger partial charge in [0.05, 0.1) is 11.0 Å². The summed E-state index contributed by atoms with van der Waals surface area (Å²) in [6.07, 6.45) is 0. The molecular weight excluding hydrogens is 179 g/mol. The van der Waals surface area contributed by atoms with Gasteiger partial charge in [-0.3, -0.25) is 0 Å². The van der Waals surface area contributed by atoms with Crippen LogP contribution in [-0.2, 0) is 5.67 Å². The molecule has 0 saturated carbocycles. The molecule has 0 atom stereocenters. The summed E-state index contributed by atoms with van der Waals surface area (Å²) in [6.45, 7) is 4.97. The van der Waals surface area contributed by atoms with Crippen molar-refractivity contribution in [3.63, 3.8) is 0 Å². The van der Waals surface area contributed by atoms with Crippen LogP contribution in [0.2, 0.25) is 0 Å². The molecule has 0 bridgehead atoms. The molecule has 2 rings (SSSR count). The molecule has 74 valence electrons. The van der Waals surface area contributed by atoms with Crippen LogP contribution >= 0.6 is 0 Å². The van der Waals surface area contributed by atoms with Gasteiger partial charge in [-0.25, -0.2) is 9.37 Å². The Morgan fingerprint density at radius 3 is 2.64 bits per heavy atom. The lowest BCUT2D eigenvalue weighted by atomic mass is 10.2. The van der Waals surface area contributed by atoms with E-state index in [1.54, 1.807) is 0 Å². The number of halogens is 1. The molecule has 0 aliphatic carbocycles. The fraction of sp³-hybridized carbons (Fsp3) is 0.364. The van der Waals surface area contributed by atoms with Crippen molar-refractivity contribution in [2.75, 3.05) is 0 Å². The normalized spacial score (nSPS) is 12.3. The molecule has 1 aromatic heterocycles. The van der Waals surface area contributed by atoms with Gasteiger partial charge in [0.25, 0.3) is 0 Å². The van der Waals surface area contributed by atoms with Crippen LogP contribution in [0.1, 0.15) is 25.2 Å². The quantitative estimate of drug-likeness (QED) is 0.739. The van der Waals surface area contributed by atoms with E-state index in [0.717, 1.165) is 16.6 Å². The van der Waals surface area contributed by atoms with Crippen molar-refractivity contribution >= 4 is 11.0 Å². The van der Waals surface area contributed by atoms with Crippen LogP contribution in [0.5, 0.6) is 0 Å². The maximum atomic E-state index is 13.6. The number of benzene rings is 1. The highest BCUT2D eigenvalue weighted by Crippen LogP contribution is 2.25. The summed E-state index contributed by atoms with van der Waals surface area (Å²) in [5.41, 5.74) is 1.40. The third-order valence-electron chi connectivity index (χ3n) is 2.28. The van der Waals surface area contributed by atoms with E-state index in [1.165, 1.54) is 13.8 Å². The van der Waals surface area contributed by atoms with Gasteiger partial charge in [0.1, 0.15) is 5.82 Å². The largest absolute Gasteiger partial charge is 0.339 e. The van der Waals surface area contributed by atoms with Crippen LogP contribution in [0.4, 0.5) is 4.39 Å². The molecule has 0 aliphatic heterocycles. The van der Waals surface area contributed by atoms with Crippen molar-refractivity contribution in [1.29, 1.82) is 0 Å². The lowest BCUT2D eigenvalue weighted by molar-refractivity contribution is 0.208. The van der Waals surface area contributed by atoms with E-state index in [0.29, 0.717) is 5.82 Å². The molecular formula is C11H13FN2. The number of H-pyrrole nitrogens is 1. The summed E-state index contributed by atoms with van der Waals surface area (Å²) in [5, 5.41) is 0. The van der Waals surface area contributed by atoms with Gasteiger partial charge in [-0.15, -0.1) is 0 Å². The Bertz CT molecular complexity index is 466. The van der Waals surface area contributed by atoms with E-state index in [9.17, 15) is 4.39 Å². The average molecular weight is 192 g/mol. The highest BCUT2D eigenvalue weighted by atomic mass is 19.1. The average Bonchev–Trinajstić information content (AvgIpc) is 2.48. The Hall–Kier alpha value is -1.38. The third-order valence-corrected chi connectivity index (χ3v) is 2.28. The van der Waals surface area contributed by atoms with Crippen molar-refractivity contribution in [2.45, 2.75) is 26.4 Å². The van der Waals surface area contributed by atoms with Crippen molar-refractivity contribution in [2.24, 2.45) is 0 Å². The predicted octanol–water partition coefficient (Wildman–Crippen LogP) is 3.08. The Balaban J connectivity index is 2.69. The number of para-hydroxylation sites is 1. The number of fused-ring (bicyclic) bond motifs is 1. The summed E-state index contributed by atoms with van der Waals surface area (Å²) < 4.78 is 13.6. The van der Waals surface area contributed by atoms with Gasteiger partial charge >= 0.3 is 0 Å². The summed E-state index contributed by atoms with van der Waals surface area (Å²) in [4.78, 5) is 7.24. The molecule has 0 radical (unpaired) electrons. The topological polar surface area (TPSA) is 28.7 Å². The number of nitrogens with one attached hydrogen (secondary N) is 1. The molecule has 2 aromatic rings. The summed E-state index contributed by atoms with van der Waals surface area (Å²) in [7, 11) is 0. The summed E-state index contributed by atoms with van der Waals surface area (Å²) >= 11 is 0. The van der Waals surface area contributed by atoms with Crippen molar-refractivity contribution in [3.05, 3.63) is 29.6 Å². The number of aryl methyl sites for hydroxylation is 1. The number of rotatable bonds is 1. The van der Waals surface area contributed by atoms with Gasteiger partial charge < -0.3 is 4.98 Å². The number of hydrogen-bond acceptors (Lipinski definition) is 1. The van der Waals surface area contributed by atoms with E-state index in [-0.39, 0.29) is 0 Å². The molecule has 1 heterocycles. The Morgan fingerprint density at radius 1 is 1.36 bits per heavy atom. The first-order valence-electron chi connectivity index (χ1n) is 4.63. The lowest BCUT2D eigenvalue weighted by Crippen LogP contribution is -2.10. The molecule has 1 aromatic carbocycles. The second kappa shape index (κ2) is 2.80. The molecule has 3 heteroatoms. The smallest absolute Gasteiger partial charge is 0.162 e. The first kappa shape index (κ1) is 9.19. The SMILES string of the molecule is Cc1cccc2[nH]c(C(C)(C)F)nc12. The highest BCUT2D eigenvalue weighted by molar-refractivity contribution is 5.78. The fourth-order valence-corrected chi connectivity index (χ4v) is 1.46. The zero-order valence-electron chi connectivity index (χ0n) is 8.56. The minimum atomic E-state index is -1.41. The molecule has 0 spiro atoms. The van der Waals surface area contributed by atoms with Gasteiger partial charge in [-0.1, -0.05) is 12.1 Å². The van der Waals surface area contributed by atoms with Crippen LogP contribution in [-0.4, -0.2) is 9.97 Å². The molecule has 0 amide bonds. The minimum Gasteiger partial charge on any atom is -0.339 e. The second-order valence-electron chi connectivity index (χ2n) is 4.03. The van der Waals surface area contributed by atoms with Gasteiger partial charge in [0.15, 0.2) is 5.67 Å². The first-order valence-corrected chi connectivity index (χ1v) is 4.63. The van der Waals surface area contributed by atoms with Gasteiger partial charge in [-0.2, -0.15) is 0 Å². The minimum absolute atomic E-state index is 0.391. The lowest BCUT2D eigenvalue weighted by Gasteiger charge is -2.08. The van der Waals surface area contributed by atoms with Crippen molar-refractivity contribution in [3.8, 4) is 0 Å². The molecule has 0 unspecified atom stereocenters. The van der Waals surface area contributed by atoms with Crippen LogP contribution in [0.15, 0.2) is 18.2 Å². The second-order valence-corrected chi connectivity index (χ2v) is 4.03. The Labute approximate surface area is 82.2 Å². The third kappa shape index (κ3) is 1.39. The first-order chi connectivity index (χ1) is 6.48. The highest BCUT2D eigenvalue weighted by Gasteiger charge is 2.23. The van der Waals surface area contributed by atoms with E-state index in [1.807, 2.05) is 25.1 Å². The number of aromatic amines is 1. The molecule has 0 saturated heterocycles. The number of alkyl halides is 1. The number of imidazole rings is 1. The van der Waals surface area contributed by atoms with Crippen molar-refractivity contribution in [1.82, 2.24) is 9.97 Å². The summed E-state index contributed by atoms with van der Waals surface area (Å²) in [5.74, 6) is 0.391. The fourth-order valence-electron chi connectivity index (χ4n) is 1.46. The van der Waals surface area contributed by atoms with E-state index < -0.39 is 5.67 Å². The molecule has 1 N–H and O–H groups in total. The molecule has 14 heavy (non-hydrogen) atoms. The van der Waals surface area contributed by atoms with Crippen LogP contribution in [0.25, 0.3) is 11.0 Å². The van der Waals surface area contributed by atoms with Gasteiger partial charge in [0.2, 0.25) is 0 Å².